The van der Waals surface area contributed by atoms with E-state index in [1.54, 1.807) is 31.2 Å². The second-order valence-electron chi connectivity index (χ2n) is 8.96. The minimum Gasteiger partial charge on any atom is -0.454 e. The summed E-state index contributed by atoms with van der Waals surface area (Å²) in [6.07, 6.45) is 2.37. The summed E-state index contributed by atoms with van der Waals surface area (Å²) >= 11 is 0. The summed E-state index contributed by atoms with van der Waals surface area (Å²) in [4.78, 5) is 54.4. The smallest absolute Gasteiger partial charge is 0.330 e. The number of amides is 3. The molecule has 1 saturated heterocycles. The molecule has 9 nitrogen and oxygen atoms in total. The van der Waals surface area contributed by atoms with Gasteiger partial charge in [-0.15, -0.1) is 0 Å². The SMILES string of the molecule is CCCCN(C(=O)COC(=O)[C@H]([C@@H](C)CC)N1C(=O)c2ccccc2C1=O)C1CCS(=O)(=O)C1. The van der Waals surface area contributed by atoms with Gasteiger partial charge in [0.25, 0.3) is 17.7 Å². The molecule has 2 heterocycles. The maximum absolute atomic E-state index is 13.1. The number of rotatable bonds is 10. The molecule has 186 valence electrons. The number of benzene rings is 1. The minimum atomic E-state index is -3.19. The van der Waals surface area contributed by atoms with Crippen molar-refractivity contribution in [2.24, 2.45) is 5.92 Å². The van der Waals surface area contributed by atoms with Crippen LogP contribution in [0.25, 0.3) is 0 Å². The second kappa shape index (κ2) is 10.7. The Morgan fingerprint density at radius 3 is 2.26 bits per heavy atom. The van der Waals surface area contributed by atoms with Crippen molar-refractivity contribution in [2.45, 2.75) is 58.5 Å². The summed E-state index contributed by atoms with van der Waals surface area (Å²) in [5.41, 5.74) is 0.468. The molecule has 2 aliphatic rings. The van der Waals surface area contributed by atoms with Gasteiger partial charge in [-0.3, -0.25) is 19.3 Å². The van der Waals surface area contributed by atoms with E-state index >= 15 is 0 Å². The van der Waals surface area contributed by atoms with E-state index in [1.165, 1.54) is 4.90 Å². The minimum absolute atomic E-state index is 0.0309. The first kappa shape index (κ1) is 25.9. The average Bonchev–Trinajstić information content (AvgIpc) is 3.29. The van der Waals surface area contributed by atoms with Crippen LogP contribution in [0.5, 0.6) is 0 Å². The third kappa shape index (κ3) is 5.32. The summed E-state index contributed by atoms with van der Waals surface area (Å²) in [5, 5.41) is 0. The Balaban J connectivity index is 1.74. The molecule has 2 aliphatic heterocycles. The van der Waals surface area contributed by atoms with Crippen molar-refractivity contribution in [3.8, 4) is 0 Å². The van der Waals surface area contributed by atoms with Crippen LogP contribution >= 0.6 is 0 Å². The monoisotopic (exact) mass is 492 g/mol. The van der Waals surface area contributed by atoms with Crippen LogP contribution in [-0.4, -0.2) is 78.6 Å². The molecule has 0 aliphatic carbocycles. The zero-order chi connectivity index (χ0) is 25.0. The third-order valence-electron chi connectivity index (χ3n) is 6.59. The van der Waals surface area contributed by atoms with E-state index in [4.69, 9.17) is 4.74 Å². The van der Waals surface area contributed by atoms with E-state index in [-0.39, 0.29) is 28.6 Å². The van der Waals surface area contributed by atoms with Crippen LogP contribution in [0.2, 0.25) is 0 Å². The quantitative estimate of drug-likeness (QED) is 0.362. The van der Waals surface area contributed by atoms with Crippen molar-refractivity contribution in [3.05, 3.63) is 35.4 Å². The van der Waals surface area contributed by atoms with E-state index in [2.05, 4.69) is 0 Å². The van der Waals surface area contributed by atoms with Gasteiger partial charge in [0.15, 0.2) is 16.4 Å². The van der Waals surface area contributed by atoms with Crippen molar-refractivity contribution in [2.75, 3.05) is 24.7 Å². The Bertz CT molecular complexity index is 1030. The summed E-state index contributed by atoms with van der Waals surface area (Å²) in [5.74, 6) is -2.88. The molecule has 0 radical (unpaired) electrons. The lowest BCUT2D eigenvalue weighted by atomic mass is 9.97. The van der Waals surface area contributed by atoms with Crippen LogP contribution < -0.4 is 0 Å². The molecule has 3 atom stereocenters. The Morgan fingerprint density at radius 1 is 1.15 bits per heavy atom. The molecule has 3 amide bonds. The lowest BCUT2D eigenvalue weighted by Gasteiger charge is -2.30. The van der Waals surface area contributed by atoms with E-state index in [1.807, 2.05) is 13.8 Å². The zero-order valence-electron chi connectivity index (χ0n) is 19.9. The fourth-order valence-electron chi connectivity index (χ4n) is 4.44. The van der Waals surface area contributed by atoms with Gasteiger partial charge in [0.1, 0.15) is 6.04 Å². The predicted octanol–water partition coefficient (Wildman–Crippen LogP) is 2.06. The zero-order valence-corrected chi connectivity index (χ0v) is 20.7. The van der Waals surface area contributed by atoms with Crippen LogP contribution in [0, 0.1) is 5.92 Å². The molecule has 0 saturated carbocycles. The van der Waals surface area contributed by atoms with Crippen molar-refractivity contribution < 1.29 is 32.3 Å². The maximum Gasteiger partial charge on any atom is 0.330 e. The standard InChI is InChI=1S/C24H32N2O7S/c1-4-6-12-25(17-11-13-34(31,32)15-17)20(27)14-33-24(30)21(16(3)5-2)26-22(28)18-9-7-8-10-19(18)23(26)29/h7-10,16-17,21H,4-6,11-15H2,1-3H3/t16-,17?,21-/m0/s1. The van der Waals surface area contributed by atoms with Gasteiger partial charge in [0.05, 0.1) is 22.6 Å². The summed E-state index contributed by atoms with van der Waals surface area (Å²) in [6, 6.07) is 4.78. The normalized spacial score (nSPS) is 20.7. The highest BCUT2D eigenvalue weighted by Crippen LogP contribution is 2.29. The molecule has 0 spiro atoms. The molecule has 34 heavy (non-hydrogen) atoms. The predicted molar refractivity (Wildman–Crippen MR) is 125 cm³/mol. The molecule has 1 aromatic rings. The van der Waals surface area contributed by atoms with Gasteiger partial charge in [0, 0.05) is 12.6 Å². The maximum atomic E-state index is 13.1. The highest BCUT2D eigenvalue weighted by molar-refractivity contribution is 7.91. The van der Waals surface area contributed by atoms with Gasteiger partial charge in [-0.25, -0.2) is 13.2 Å². The molecule has 0 bridgehead atoms. The molecule has 3 rings (SSSR count). The van der Waals surface area contributed by atoms with Crippen molar-refractivity contribution in [3.63, 3.8) is 0 Å². The first-order valence-corrected chi connectivity index (χ1v) is 13.6. The van der Waals surface area contributed by atoms with Crippen molar-refractivity contribution in [1.29, 1.82) is 0 Å². The fraction of sp³-hybridized carbons (Fsp3) is 0.583. The number of hydrogen-bond acceptors (Lipinski definition) is 7. The topological polar surface area (TPSA) is 118 Å². The second-order valence-corrected chi connectivity index (χ2v) is 11.2. The number of ether oxygens (including phenoxy) is 1. The molecular weight excluding hydrogens is 460 g/mol. The highest BCUT2D eigenvalue weighted by Gasteiger charge is 2.45. The first-order chi connectivity index (χ1) is 16.1. The van der Waals surface area contributed by atoms with Gasteiger partial charge < -0.3 is 9.64 Å². The number of carbonyl (C=O) groups is 4. The number of nitrogens with zero attached hydrogens (tertiary/aromatic N) is 2. The van der Waals surface area contributed by atoms with Crippen LogP contribution in [0.15, 0.2) is 24.3 Å². The number of carbonyl (C=O) groups excluding carboxylic acids is 4. The molecule has 1 unspecified atom stereocenters. The Kier molecular flexibility index (Phi) is 8.12. The largest absolute Gasteiger partial charge is 0.454 e. The molecule has 1 aromatic carbocycles. The molecule has 0 N–H and O–H groups in total. The number of hydrogen-bond donors (Lipinski definition) is 0. The number of esters is 1. The fourth-order valence-corrected chi connectivity index (χ4v) is 6.17. The summed E-state index contributed by atoms with van der Waals surface area (Å²) < 4.78 is 29.2. The Morgan fingerprint density at radius 2 is 1.76 bits per heavy atom. The lowest BCUT2D eigenvalue weighted by Crippen LogP contribution is -2.50. The van der Waals surface area contributed by atoms with Gasteiger partial charge in [0.2, 0.25) is 0 Å². The Labute approximate surface area is 200 Å². The molecule has 0 aromatic heterocycles. The van der Waals surface area contributed by atoms with Crippen LogP contribution in [0.3, 0.4) is 0 Å². The van der Waals surface area contributed by atoms with Crippen LogP contribution in [0.4, 0.5) is 0 Å². The van der Waals surface area contributed by atoms with Gasteiger partial charge >= 0.3 is 5.97 Å². The molecule has 10 heteroatoms. The van der Waals surface area contributed by atoms with Crippen molar-refractivity contribution >= 4 is 33.5 Å². The van der Waals surface area contributed by atoms with E-state index in [0.29, 0.717) is 25.8 Å². The van der Waals surface area contributed by atoms with E-state index < -0.39 is 52.2 Å². The van der Waals surface area contributed by atoms with Gasteiger partial charge in [-0.05, 0) is 30.9 Å². The van der Waals surface area contributed by atoms with Crippen molar-refractivity contribution in [1.82, 2.24) is 9.80 Å². The van der Waals surface area contributed by atoms with E-state index in [0.717, 1.165) is 11.3 Å². The van der Waals surface area contributed by atoms with Gasteiger partial charge in [-0.2, -0.15) is 0 Å². The average molecular weight is 493 g/mol. The summed E-state index contributed by atoms with van der Waals surface area (Å²) in [7, 11) is -3.19. The lowest BCUT2D eigenvalue weighted by molar-refractivity contribution is -0.157. The molecular formula is C24H32N2O7S. The van der Waals surface area contributed by atoms with Crippen LogP contribution in [0.1, 0.15) is 67.2 Å². The number of fused-ring (bicyclic) bond motifs is 1. The summed E-state index contributed by atoms with van der Waals surface area (Å²) in [6.45, 7) is 5.35. The first-order valence-electron chi connectivity index (χ1n) is 11.7. The third-order valence-corrected chi connectivity index (χ3v) is 8.34. The Hall–Kier alpha value is -2.75. The molecule has 1 fully saturated rings. The van der Waals surface area contributed by atoms with E-state index in [9.17, 15) is 27.6 Å². The van der Waals surface area contributed by atoms with Crippen LogP contribution in [-0.2, 0) is 24.2 Å². The highest BCUT2D eigenvalue weighted by atomic mass is 32.2. The number of imide groups is 1. The number of unbranched alkanes of at least 4 members (excludes halogenated alkanes) is 1. The number of sulfone groups is 1. The van der Waals surface area contributed by atoms with Gasteiger partial charge in [-0.1, -0.05) is 45.7 Å².